The average Bonchev–Trinajstić information content (AvgIpc) is 2.58. The molecule has 2 N–H and O–H groups in total. The minimum atomic E-state index is -0.646. The smallest absolute Gasteiger partial charge is 1.00 e. The number of carbonyl (C=O) groups is 2. The minimum absolute atomic E-state index is 0. The molecule has 4 nitrogen and oxygen atoms in total. The van der Waals surface area contributed by atoms with Crippen molar-refractivity contribution in [2.45, 2.75) is 96.8 Å². The van der Waals surface area contributed by atoms with E-state index in [-0.39, 0.29) is 37.5 Å². The molecule has 0 aliphatic heterocycles. The van der Waals surface area contributed by atoms with Gasteiger partial charge in [-0.25, -0.2) is 0 Å². The van der Waals surface area contributed by atoms with Crippen molar-refractivity contribution in [1.82, 2.24) is 0 Å². The Hall–Kier alpha value is -0.160. The first-order valence-electron chi connectivity index (χ1n) is 9.79. The van der Waals surface area contributed by atoms with Crippen LogP contribution in [0.25, 0.3) is 0 Å². The second-order valence-corrected chi connectivity index (χ2v) is 6.38. The van der Waals surface area contributed by atoms with Gasteiger partial charge in [0.05, 0.1) is 6.54 Å². The molecule has 0 aliphatic carbocycles. The van der Waals surface area contributed by atoms with Gasteiger partial charge in [-0.05, 0) is 32.1 Å². The molecule has 0 aromatic rings. The fraction of sp³-hybridized carbons (Fsp3) is 0.800. The molecule has 0 unspecified atom stereocenters. The van der Waals surface area contributed by atoms with Crippen LogP contribution in [0.4, 0.5) is 0 Å². The zero-order valence-electron chi connectivity index (χ0n) is 17.6. The van der Waals surface area contributed by atoms with Crippen LogP contribution in [0.5, 0.6) is 0 Å². The van der Waals surface area contributed by atoms with E-state index in [0.29, 0.717) is 6.42 Å². The van der Waals surface area contributed by atoms with Crippen LogP contribution < -0.4 is 35.3 Å². The third kappa shape index (κ3) is 21.8. The first kappa shape index (κ1) is 27.1. The second-order valence-electron chi connectivity index (χ2n) is 6.38. The van der Waals surface area contributed by atoms with Crippen LogP contribution in [0.15, 0.2) is 12.2 Å². The van der Waals surface area contributed by atoms with Gasteiger partial charge in [0.25, 0.3) is 0 Å². The summed E-state index contributed by atoms with van der Waals surface area (Å²) in [5.74, 6) is -1.10. The predicted octanol–water partition coefficient (Wildman–Crippen LogP) is 2.17. The Morgan fingerprint density at radius 3 is 1.80 bits per heavy atom. The van der Waals surface area contributed by atoms with Gasteiger partial charge in [-0.1, -0.05) is 70.4 Å². The van der Waals surface area contributed by atoms with Gasteiger partial charge in [0.1, 0.15) is 0 Å². The zero-order valence-corrected chi connectivity index (χ0v) is 18.6. The number of hydrogen-bond donors (Lipinski definition) is 1. The molecule has 0 aromatic carbocycles. The van der Waals surface area contributed by atoms with Gasteiger partial charge in [0, 0.05) is 6.42 Å². The van der Waals surface area contributed by atoms with Crippen molar-refractivity contribution >= 4 is 11.9 Å². The number of allylic oxidation sites excluding steroid dienone is 2. The molecule has 0 amide bonds. The molecule has 0 bridgehead atoms. The van der Waals surface area contributed by atoms with Gasteiger partial charge in [-0.3, -0.25) is 9.59 Å². The normalized spacial score (nSPS) is 10.6. The van der Waals surface area contributed by atoms with Gasteiger partial charge >= 0.3 is 41.5 Å². The van der Waals surface area contributed by atoms with Crippen molar-refractivity contribution in [3.8, 4) is 0 Å². The Morgan fingerprint density at radius 2 is 1.28 bits per heavy atom. The molecule has 0 spiro atoms. The van der Waals surface area contributed by atoms with Gasteiger partial charge < -0.3 is 11.9 Å². The first-order valence-corrected chi connectivity index (χ1v) is 9.79. The fourth-order valence-electron chi connectivity index (χ4n) is 2.56. The van der Waals surface area contributed by atoms with Crippen LogP contribution in [-0.2, 0) is 14.3 Å². The van der Waals surface area contributed by atoms with E-state index < -0.39 is 11.9 Å². The zero-order chi connectivity index (χ0) is 17.9. The van der Waals surface area contributed by atoms with E-state index in [9.17, 15) is 9.59 Å². The van der Waals surface area contributed by atoms with Crippen molar-refractivity contribution < 1.29 is 45.3 Å². The monoisotopic (exact) mass is 363 g/mol. The summed E-state index contributed by atoms with van der Waals surface area (Å²) >= 11 is 0. The van der Waals surface area contributed by atoms with Crippen LogP contribution in [-0.4, -0.2) is 18.5 Å². The van der Waals surface area contributed by atoms with E-state index in [1.807, 2.05) is 0 Å². The van der Waals surface area contributed by atoms with Crippen LogP contribution in [0, 0.1) is 0 Å². The Bertz CT molecular complexity index is 352. The Morgan fingerprint density at radius 1 is 0.800 bits per heavy atom. The molecule has 0 rings (SSSR count). The quantitative estimate of drug-likeness (QED) is 0.150. The summed E-state index contributed by atoms with van der Waals surface area (Å²) in [5.41, 5.74) is 5.07. The van der Waals surface area contributed by atoms with Crippen molar-refractivity contribution in [3.05, 3.63) is 12.2 Å². The van der Waals surface area contributed by atoms with Crippen LogP contribution in [0.1, 0.15) is 98.2 Å². The summed E-state index contributed by atoms with van der Waals surface area (Å²) in [7, 11) is 0. The summed E-state index contributed by atoms with van der Waals surface area (Å²) < 4.78 is 4.51. The number of nitrogens with two attached hydrogens (primary N) is 1. The summed E-state index contributed by atoms with van der Waals surface area (Å²) in [6.07, 6.45) is 20.8. The minimum Gasteiger partial charge on any atom is -1.00 e. The summed E-state index contributed by atoms with van der Waals surface area (Å²) in [4.78, 5) is 22.0. The van der Waals surface area contributed by atoms with Gasteiger partial charge in [0.15, 0.2) is 0 Å². The number of carbonyl (C=O) groups excluding carboxylic acids is 2. The molecule has 0 saturated carbocycles. The number of esters is 2. The largest absolute Gasteiger partial charge is 1.00 e. The van der Waals surface area contributed by atoms with E-state index in [4.69, 9.17) is 5.73 Å². The van der Waals surface area contributed by atoms with Crippen LogP contribution in [0.3, 0.4) is 0 Å². The van der Waals surface area contributed by atoms with Gasteiger partial charge in [0.2, 0.25) is 0 Å². The number of unbranched alkanes of at least 4 members (excludes halogenated alkanes) is 11. The molecule has 0 aliphatic rings. The molecular weight excluding hydrogens is 325 g/mol. The van der Waals surface area contributed by atoms with Gasteiger partial charge in [-0.15, -0.1) is 0 Å². The van der Waals surface area contributed by atoms with Gasteiger partial charge in [-0.2, -0.15) is 0 Å². The number of rotatable bonds is 16. The molecular formula is C20H38NNaO3. The SMILES string of the molecule is CCCCCCCC/C=C\CCCCCCCC(=O)OC(=O)CN.[H-].[Na+]. The maximum absolute atomic E-state index is 11.2. The molecule has 142 valence electrons. The molecule has 0 atom stereocenters. The Kier molecular flexibility index (Phi) is 23.7. The maximum Gasteiger partial charge on any atom is 1.00 e. The first-order chi connectivity index (χ1) is 11.7. The Balaban J connectivity index is -0.00000264. The third-order valence-electron chi connectivity index (χ3n) is 4.04. The van der Waals surface area contributed by atoms with E-state index in [0.717, 1.165) is 25.7 Å². The molecule has 0 saturated heterocycles. The van der Waals surface area contributed by atoms with Crippen LogP contribution >= 0.6 is 0 Å². The standard InChI is InChI=1S/C20H37NO3.Na.H/c1-2-3-4-5-6-7-8-9-10-11-12-13-14-15-16-17-19(22)24-20(23)18-21;;/h9-10H,2-8,11-18,21H2,1H3;;/q;+1;-1/b10-9-;;. The summed E-state index contributed by atoms with van der Waals surface area (Å²) in [5, 5.41) is 0. The average molecular weight is 364 g/mol. The molecule has 0 aromatic heterocycles. The van der Waals surface area contributed by atoms with E-state index in [1.54, 1.807) is 0 Å². The summed E-state index contributed by atoms with van der Waals surface area (Å²) in [6, 6.07) is 0. The topological polar surface area (TPSA) is 69.4 Å². The van der Waals surface area contributed by atoms with E-state index in [2.05, 4.69) is 23.8 Å². The molecule has 0 heterocycles. The summed E-state index contributed by atoms with van der Waals surface area (Å²) in [6.45, 7) is 2.01. The third-order valence-corrected chi connectivity index (χ3v) is 4.04. The second kappa shape index (κ2) is 21.9. The van der Waals surface area contributed by atoms with Crippen molar-refractivity contribution in [3.63, 3.8) is 0 Å². The molecule has 5 heteroatoms. The molecule has 0 fully saturated rings. The Labute approximate surface area is 178 Å². The van der Waals surface area contributed by atoms with Crippen molar-refractivity contribution in [2.24, 2.45) is 5.73 Å². The van der Waals surface area contributed by atoms with Crippen molar-refractivity contribution in [2.75, 3.05) is 6.54 Å². The van der Waals surface area contributed by atoms with Crippen molar-refractivity contribution in [1.29, 1.82) is 0 Å². The maximum atomic E-state index is 11.2. The molecule has 25 heavy (non-hydrogen) atoms. The number of hydrogen-bond acceptors (Lipinski definition) is 4. The van der Waals surface area contributed by atoms with E-state index >= 15 is 0 Å². The van der Waals surface area contributed by atoms with E-state index in [1.165, 1.54) is 57.8 Å². The molecule has 0 radical (unpaired) electrons. The predicted molar refractivity (Wildman–Crippen MR) is 101 cm³/mol. The van der Waals surface area contributed by atoms with Crippen LogP contribution in [0.2, 0.25) is 0 Å². The fourth-order valence-corrected chi connectivity index (χ4v) is 2.56. The number of ether oxygens (including phenoxy) is 1.